The lowest BCUT2D eigenvalue weighted by Gasteiger charge is -2.26. The Hall–Kier alpha value is -0.980. The second kappa shape index (κ2) is 7.87. The van der Waals surface area contributed by atoms with Crippen molar-refractivity contribution in [3.05, 3.63) is 29.6 Å². The van der Waals surface area contributed by atoms with Crippen LogP contribution in [0, 0.1) is 5.82 Å². The second-order valence-corrected chi connectivity index (χ2v) is 6.87. The molecule has 0 heterocycles. The molecule has 0 bridgehead atoms. The maximum atomic E-state index is 14.0. The van der Waals surface area contributed by atoms with E-state index in [0.717, 1.165) is 12.1 Å². The molecule has 0 fully saturated rings. The molecule has 1 unspecified atom stereocenters. The maximum Gasteiger partial charge on any atom is 0.246 e. The summed E-state index contributed by atoms with van der Waals surface area (Å²) < 4.78 is 40.7. The summed E-state index contributed by atoms with van der Waals surface area (Å²) in [6, 6.07) is 4.11. The Labute approximate surface area is 127 Å². The molecule has 0 aliphatic heterocycles. The highest BCUT2D eigenvalue weighted by Crippen LogP contribution is 2.23. The van der Waals surface area contributed by atoms with E-state index < -0.39 is 15.8 Å². The summed E-state index contributed by atoms with van der Waals surface area (Å²) in [4.78, 5) is -0.236. The zero-order chi connectivity index (χ0) is 16.0. The fourth-order valence-corrected chi connectivity index (χ4v) is 4.00. The number of sulfonamides is 1. The molecule has 0 aromatic heterocycles. The van der Waals surface area contributed by atoms with E-state index in [-0.39, 0.29) is 10.9 Å². The molecule has 0 radical (unpaired) electrons. The molecule has 0 saturated heterocycles. The monoisotopic (exact) mass is 316 g/mol. The van der Waals surface area contributed by atoms with Gasteiger partial charge in [-0.1, -0.05) is 26.8 Å². The Kier molecular flexibility index (Phi) is 6.77. The predicted octanol–water partition coefficient (Wildman–Crippen LogP) is 2.74. The molecule has 0 aliphatic rings. The van der Waals surface area contributed by atoms with Crippen molar-refractivity contribution in [2.75, 3.05) is 13.1 Å². The first-order valence-corrected chi connectivity index (χ1v) is 8.83. The third-order valence-corrected chi connectivity index (χ3v) is 5.66. The number of rotatable bonds is 8. The van der Waals surface area contributed by atoms with E-state index in [0.29, 0.717) is 19.5 Å². The SMILES string of the molecule is CCNCc1ccc(F)c(S(=O)(=O)N(CC)C(C)CC)c1. The van der Waals surface area contributed by atoms with Crippen LogP contribution < -0.4 is 5.32 Å². The van der Waals surface area contributed by atoms with Gasteiger partial charge in [-0.2, -0.15) is 4.31 Å². The number of halogens is 1. The van der Waals surface area contributed by atoms with Crippen LogP contribution in [-0.2, 0) is 16.6 Å². The van der Waals surface area contributed by atoms with Gasteiger partial charge in [0, 0.05) is 19.1 Å². The van der Waals surface area contributed by atoms with Crippen molar-refractivity contribution >= 4 is 10.0 Å². The van der Waals surface area contributed by atoms with Crippen LogP contribution in [0.15, 0.2) is 23.1 Å². The van der Waals surface area contributed by atoms with Crippen LogP contribution in [0.5, 0.6) is 0 Å². The Morgan fingerprint density at radius 1 is 1.29 bits per heavy atom. The van der Waals surface area contributed by atoms with Crippen molar-refractivity contribution in [2.45, 2.75) is 51.6 Å². The molecule has 1 aromatic carbocycles. The van der Waals surface area contributed by atoms with Crippen LogP contribution in [0.2, 0.25) is 0 Å². The van der Waals surface area contributed by atoms with Gasteiger partial charge >= 0.3 is 0 Å². The van der Waals surface area contributed by atoms with E-state index in [4.69, 9.17) is 0 Å². The van der Waals surface area contributed by atoms with Crippen LogP contribution in [-0.4, -0.2) is 31.9 Å². The minimum absolute atomic E-state index is 0.156. The van der Waals surface area contributed by atoms with Gasteiger partial charge in [0.1, 0.15) is 10.7 Å². The lowest BCUT2D eigenvalue weighted by molar-refractivity contribution is 0.340. The highest BCUT2D eigenvalue weighted by Gasteiger charge is 2.29. The van der Waals surface area contributed by atoms with Crippen LogP contribution in [0.1, 0.15) is 39.7 Å². The molecule has 21 heavy (non-hydrogen) atoms. The van der Waals surface area contributed by atoms with E-state index in [1.165, 1.54) is 16.4 Å². The summed E-state index contributed by atoms with van der Waals surface area (Å²) in [5.74, 6) is -0.697. The summed E-state index contributed by atoms with van der Waals surface area (Å²) >= 11 is 0. The molecular weight excluding hydrogens is 291 g/mol. The highest BCUT2D eigenvalue weighted by atomic mass is 32.2. The molecule has 0 aliphatic carbocycles. The lowest BCUT2D eigenvalue weighted by atomic mass is 10.2. The van der Waals surface area contributed by atoms with Gasteiger partial charge in [-0.25, -0.2) is 12.8 Å². The normalized spacial score (nSPS) is 13.6. The number of nitrogens with zero attached hydrogens (tertiary/aromatic N) is 1. The first-order chi connectivity index (χ1) is 9.88. The zero-order valence-electron chi connectivity index (χ0n) is 13.2. The topological polar surface area (TPSA) is 49.4 Å². The molecule has 1 N–H and O–H groups in total. The van der Waals surface area contributed by atoms with E-state index in [1.807, 2.05) is 20.8 Å². The Bertz CT molecular complexity index is 561. The maximum absolute atomic E-state index is 14.0. The third-order valence-electron chi connectivity index (χ3n) is 3.56. The van der Waals surface area contributed by atoms with Gasteiger partial charge in [-0.15, -0.1) is 0 Å². The van der Waals surface area contributed by atoms with Crippen molar-refractivity contribution in [3.63, 3.8) is 0 Å². The smallest absolute Gasteiger partial charge is 0.246 e. The van der Waals surface area contributed by atoms with Gasteiger partial charge in [-0.3, -0.25) is 0 Å². The molecule has 6 heteroatoms. The molecule has 4 nitrogen and oxygen atoms in total. The summed E-state index contributed by atoms with van der Waals surface area (Å²) in [6.45, 7) is 9.10. The first kappa shape index (κ1) is 18.1. The molecular formula is C15H25FN2O2S. The molecule has 120 valence electrons. The van der Waals surface area contributed by atoms with Gasteiger partial charge < -0.3 is 5.32 Å². The summed E-state index contributed by atoms with van der Waals surface area (Å²) in [5, 5.41) is 3.11. The van der Waals surface area contributed by atoms with E-state index in [2.05, 4.69) is 5.32 Å². The average Bonchev–Trinajstić information content (AvgIpc) is 2.46. The minimum Gasteiger partial charge on any atom is -0.313 e. The van der Waals surface area contributed by atoms with Crippen molar-refractivity contribution in [1.29, 1.82) is 0 Å². The molecule has 0 saturated carbocycles. The number of benzene rings is 1. The minimum atomic E-state index is -3.81. The van der Waals surface area contributed by atoms with Gasteiger partial charge in [0.05, 0.1) is 0 Å². The lowest BCUT2D eigenvalue weighted by Crippen LogP contribution is -2.38. The Morgan fingerprint density at radius 2 is 1.95 bits per heavy atom. The molecule has 1 aromatic rings. The van der Waals surface area contributed by atoms with Crippen LogP contribution in [0.25, 0.3) is 0 Å². The van der Waals surface area contributed by atoms with Gasteiger partial charge in [-0.05, 0) is 37.6 Å². The first-order valence-electron chi connectivity index (χ1n) is 7.39. The largest absolute Gasteiger partial charge is 0.313 e. The summed E-state index contributed by atoms with van der Waals surface area (Å²) in [6.07, 6.45) is 0.686. The molecule has 0 amide bonds. The fraction of sp³-hybridized carbons (Fsp3) is 0.600. The van der Waals surface area contributed by atoms with Crippen molar-refractivity contribution < 1.29 is 12.8 Å². The van der Waals surface area contributed by atoms with Gasteiger partial charge in [0.25, 0.3) is 0 Å². The summed E-state index contributed by atoms with van der Waals surface area (Å²) in [5.41, 5.74) is 0.761. The van der Waals surface area contributed by atoms with Crippen molar-refractivity contribution in [2.24, 2.45) is 0 Å². The van der Waals surface area contributed by atoms with E-state index in [1.54, 1.807) is 13.0 Å². The average molecular weight is 316 g/mol. The highest BCUT2D eigenvalue weighted by molar-refractivity contribution is 7.89. The zero-order valence-corrected chi connectivity index (χ0v) is 14.0. The predicted molar refractivity (Wildman–Crippen MR) is 83.1 cm³/mol. The van der Waals surface area contributed by atoms with Crippen LogP contribution in [0.4, 0.5) is 4.39 Å². The van der Waals surface area contributed by atoms with E-state index >= 15 is 0 Å². The second-order valence-electron chi connectivity index (χ2n) is 5.01. The van der Waals surface area contributed by atoms with Crippen molar-refractivity contribution in [3.8, 4) is 0 Å². The number of nitrogens with one attached hydrogen (secondary N) is 1. The van der Waals surface area contributed by atoms with Crippen LogP contribution >= 0.6 is 0 Å². The summed E-state index contributed by atoms with van der Waals surface area (Å²) in [7, 11) is -3.81. The molecule has 1 rings (SSSR count). The Morgan fingerprint density at radius 3 is 2.48 bits per heavy atom. The van der Waals surface area contributed by atoms with Crippen molar-refractivity contribution in [1.82, 2.24) is 9.62 Å². The van der Waals surface area contributed by atoms with E-state index in [9.17, 15) is 12.8 Å². The number of hydrogen-bond donors (Lipinski definition) is 1. The van der Waals surface area contributed by atoms with Gasteiger partial charge in [0.15, 0.2) is 0 Å². The third kappa shape index (κ3) is 4.25. The van der Waals surface area contributed by atoms with Gasteiger partial charge in [0.2, 0.25) is 10.0 Å². The quantitative estimate of drug-likeness (QED) is 0.802. The number of hydrogen-bond acceptors (Lipinski definition) is 3. The Balaban J connectivity index is 3.22. The standard InChI is InChI=1S/C15H25FN2O2S/c1-5-12(4)18(7-3)21(19,20)15-10-13(11-17-6-2)8-9-14(15)16/h8-10,12,17H,5-7,11H2,1-4H3. The molecule has 0 spiro atoms. The fourth-order valence-electron chi connectivity index (χ4n) is 2.17. The van der Waals surface area contributed by atoms with Crippen LogP contribution in [0.3, 0.4) is 0 Å². The molecule has 1 atom stereocenters.